The van der Waals surface area contributed by atoms with Crippen LogP contribution < -0.4 is 9.62 Å². The van der Waals surface area contributed by atoms with Gasteiger partial charge in [-0.3, -0.25) is 9.10 Å². The summed E-state index contributed by atoms with van der Waals surface area (Å²) in [6, 6.07) is 19.2. The van der Waals surface area contributed by atoms with Gasteiger partial charge in [-0.15, -0.1) is 0 Å². The minimum atomic E-state index is -0.980. The summed E-state index contributed by atoms with van der Waals surface area (Å²) >= 11 is 0. The van der Waals surface area contributed by atoms with Gasteiger partial charge in [-0.1, -0.05) is 24.3 Å². The molecule has 0 spiro atoms. The number of nitrogens with zero attached hydrogens (tertiary/aromatic N) is 3. The van der Waals surface area contributed by atoms with Crippen molar-refractivity contribution in [1.29, 1.82) is 0 Å². The third-order valence-electron chi connectivity index (χ3n) is 5.89. The molecule has 1 saturated heterocycles. The largest absolute Gasteiger partial charge is 0.322 e. The van der Waals surface area contributed by atoms with Gasteiger partial charge in [-0.05, 0) is 67.8 Å². The van der Waals surface area contributed by atoms with Crippen LogP contribution in [0.25, 0.3) is 22.3 Å². The number of para-hydroxylation sites is 1. The Morgan fingerprint density at radius 2 is 1.88 bits per heavy atom. The fraction of sp³-hybridized carbons (Fsp3) is 0.192. The third-order valence-corrected chi connectivity index (χ3v) is 7.42. The Balaban J connectivity index is 1.40. The Hall–Kier alpha value is -3.58. The lowest BCUT2D eigenvalue weighted by atomic mass is 10.1. The molecule has 7 heteroatoms. The number of amides is 1. The van der Waals surface area contributed by atoms with Crippen LogP contribution in [0.15, 0.2) is 66.9 Å². The SMILES string of the molecule is Cc1cc(N2CCCS2=O)ccc1C(=O)Nc1ccc(C)c(-c2ncc3ccccc3n2)c1. The number of aryl methyl sites for hydroxylation is 2. The molecule has 1 N–H and O–H groups in total. The summed E-state index contributed by atoms with van der Waals surface area (Å²) < 4.78 is 14.0. The van der Waals surface area contributed by atoms with Crippen molar-refractivity contribution >= 4 is 39.2 Å². The van der Waals surface area contributed by atoms with Gasteiger partial charge in [0.1, 0.15) is 11.0 Å². The van der Waals surface area contributed by atoms with E-state index in [1.807, 2.05) is 78.9 Å². The average molecular weight is 457 g/mol. The first kappa shape index (κ1) is 21.3. The number of hydrogen-bond acceptors (Lipinski definition) is 4. The van der Waals surface area contributed by atoms with E-state index in [1.54, 1.807) is 6.07 Å². The Labute approximate surface area is 195 Å². The first-order chi connectivity index (χ1) is 16.0. The summed E-state index contributed by atoms with van der Waals surface area (Å²) in [7, 11) is -0.980. The molecule has 1 unspecified atom stereocenters. The Morgan fingerprint density at radius 1 is 1.03 bits per heavy atom. The second kappa shape index (κ2) is 8.75. The molecule has 1 atom stereocenters. The summed E-state index contributed by atoms with van der Waals surface area (Å²) in [5.74, 6) is 1.13. The summed E-state index contributed by atoms with van der Waals surface area (Å²) in [4.78, 5) is 22.3. The van der Waals surface area contributed by atoms with Gasteiger partial charge in [-0.2, -0.15) is 0 Å². The molecule has 1 amide bonds. The van der Waals surface area contributed by atoms with E-state index in [-0.39, 0.29) is 5.91 Å². The number of fused-ring (bicyclic) bond motifs is 1. The molecular formula is C26H24N4O2S. The lowest BCUT2D eigenvalue weighted by molar-refractivity contribution is 0.102. The fourth-order valence-corrected chi connectivity index (χ4v) is 5.37. The minimum absolute atomic E-state index is 0.184. The summed E-state index contributed by atoms with van der Waals surface area (Å²) in [6.45, 7) is 4.69. The number of aromatic nitrogens is 2. The highest BCUT2D eigenvalue weighted by Gasteiger charge is 2.21. The van der Waals surface area contributed by atoms with Gasteiger partial charge in [0.15, 0.2) is 5.82 Å². The van der Waals surface area contributed by atoms with Crippen LogP contribution in [0.1, 0.15) is 27.9 Å². The quantitative estimate of drug-likeness (QED) is 0.467. The van der Waals surface area contributed by atoms with E-state index in [0.29, 0.717) is 22.8 Å². The Kier molecular flexibility index (Phi) is 5.64. The zero-order valence-electron chi connectivity index (χ0n) is 18.5. The van der Waals surface area contributed by atoms with Gasteiger partial charge in [-0.25, -0.2) is 14.2 Å². The molecule has 4 aromatic rings. The topological polar surface area (TPSA) is 75.2 Å². The number of nitrogens with one attached hydrogen (secondary N) is 1. The molecule has 33 heavy (non-hydrogen) atoms. The lowest BCUT2D eigenvalue weighted by Gasteiger charge is -2.18. The Morgan fingerprint density at radius 3 is 2.67 bits per heavy atom. The van der Waals surface area contributed by atoms with Crippen LogP contribution >= 0.6 is 0 Å². The van der Waals surface area contributed by atoms with Crippen LogP contribution in [0.3, 0.4) is 0 Å². The molecule has 0 aliphatic carbocycles. The van der Waals surface area contributed by atoms with Crippen molar-refractivity contribution in [3.63, 3.8) is 0 Å². The lowest BCUT2D eigenvalue weighted by Crippen LogP contribution is -2.20. The molecule has 3 aromatic carbocycles. The number of carbonyl (C=O) groups is 1. The summed E-state index contributed by atoms with van der Waals surface area (Å²) in [5, 5.41) is 3.99. The first-order valence-corrected chi connectivity index (χ1v) is 12.2. The highest BCUT2D eigenvalue weighted by atomic mass is 32.2. The molecule has 1 aromatic heterocycles. The molecule has 1 fully saturated rings. The van der Waals surface area contributed by atoms with Gasteiger partial charge < -0.3 is 5.32 Å². The highest BCUT2D eigenvalue weighted by molar-refractivity contribution is 7.86. The van der Waals surface area contributed by atoms with E-state index in [0.717, 1.165) is 46.2 Å². The molecule has 0 bridgehead atoms. The number of benzene rings is 3. The smallest absolute Gasteiger partial charge is 0.255 e. The predicted molar refractivity (Wildman–Crippen MR) is 134 cm³/mol. The van der Waals surface area contributed by atoms with Gasteiger partial charge >= 0.3 is 0 Å². The van der Waals surface area contributed by atoms with Crippen LogP contribution in [0.5, 0.6) is 0 Å². The zero-order chi connectivity index (χ0) is 22.9. The van der Waals surface area contributed by atoms with Crippen LogP contribution in [0, 0.1) is 13.8 Å². The van der Waals surface area contributed by atoms with Crippen molar-refractivity contribution in [1.82, 2.24) is 9.97 Å². The van der Waals surface area contributed by atoms with Crippen molar-refractivity contribution < 1.29 is 9.00 Å². The second-order valence-electron chi connectivity index (χ2n) is 8.22. The molecule has 0 radical (unpaired) electrons. The molecule has 0 saturated carbocycles. The maximum atomic E-state index is 13.0. The fourth-order valence-electron chi connectivity index (χ4n) is 4.09. The molecule has 1 aliphatic heterocycles. The number of carbonyl (C=O) groups excluding carboxylic acids is 1. The molecule has 2 heterocycles. The highest BCUT2D eigenvalue weighted by Crippen LogP contribution is 2.27. The molecular weight excluding hydrogens is 432 g/mol. The Bertz CT molecular complexity index is 1400. The van der Waals surface area contributed by atoms with Gasteiger partial charge in [0.2, 0.25) is 0 Å². The van der Waals surface area contributed by atoms with E-state index in [1.165, 1.54) is 0 Å². The number of anilines is 2. The molecule has 166 valence electrons. The van der Waals surface area contributed by atoms with Crippen molar-refractivity contribution in [3.8, 4) is 11.4 Å². The van der Waals surface area contributed by atoms with E-state index < -0.39 is 11.0 Å². The monoisotopic (exact) mass is 456 g/mol. The van der Waals surface area contributed by atoms with Gasteiger partial charge in [0, 0.05) is 46.4 Å². The second-order valence-corrected chi connectivity index (χ2v) is 9.71. The average Bonchev–Trinajstić information content (AvgIpc) is 3.25. The van der Waals surface area contributed by atoms with Crippen LogP contribution in [0.4, 0.5) is 11.4 Å². The van der Waals surface area contributed by atoms with Gasteiger partial charge in [0.25, 0.3) is 5.91 Å². The molecule has 1 aliphatic rings. The standard InChI is InChI=1S/C26H24N4O2S/c1-17-8-9-20(15-23(17)25-27-16-19-6-3-4-7-24(19)29-25)28-26(31)22-11-10-21(14-18(22)2)30-12-5-13-33(30)32/h3-4,6-11,14-16H,5,12-13H2,1-2H3,(H,28,31). The van der Waals surface area contributed by atoms with E-state index in [9.17, 15) is 9.00 Å². The first-order valence-electron chi connectivity index (χ1n) is 10.9. The normalized spacial score (nSPS) is 15.7. The van der Waals surface area contributed by atoms with Crippen molar-refractivity contribution in [3.05, 3.63) is 83.6 Å². The van der Waals surface area contributed by atoms with Crippen LogP contribution in [-0.4, -0.2) is 32.4 Å². The van der Waals surface area contributed by atoms with Gasteiger partial charge in [0.05, 0.1) is 5.52 Å². The summed E-state index contributed by atoms with van der Waals surface area (Å²) in [6.07, 6.45) is 2.74. The summed E-state index contributed by atoms with van der Waals surface area (Å²) in [5.41, 5.74) is 5.80. The van der Waals surface area contributed by atoms with Crippen LogP contribution in [-0.2, 0) is 11.0 Å². The molecule has 6 nitrogen and oxygen atoms in total. The number of hydrogen-bond donors (Lipinski definition) is 1. The van der Waals surface area contributed by atoms with E-state index in [4.69, 9.17) is 4.98 Å². The van der Waals surface area contributed by atoms with Crippen molar-refractivity contribution in [2.75, 3.05) is 21.9 Å². The maximum Gasteiger partial charge on any atom is 0.255 e. The maximum absolute atomic E-state index is 13.0. The minimum Gasteiger partial charge on any atom is -0.322 e. The number of rotatable bonds is 4. The van der Waals surface area contributed by atoms with E-state index >= 15 is 0 Å². The van der Waals surface area contributed by atoms with Crippen molar-refractivity contribution in [2.24, 2.45) is 0 Å². The van der Waals surface area contributed by atoms with Crippen molar-refractivity contribution in [2.45, 2.75) is 20.3 Å². The zero-order valence-corrected chi connectivity index (χ0v) is 19.4. The molecule has 5 rings (SSSR count). The van der Waals surface area contributed by atoms with Crippen LogP contribution in [0.2, 0.25) is 0 Å². The predicted octanol–water partition coefficient (Wildman–Crippen LogP) is 5.04. The van der Waals surface area contributed by atoms with E-state index in [2.05, 4.69) is 10.3 Å². The third kappa shape index (κ3) is 4.24.